The molecule has 3 rings (SSSR count). The summed E-state index contributed by atoms with van der Waals surface area (Å²) < 4.78 is 0. The Balaban J connectivity index is 1.76. The van der Waals surface area contributed by atoms with Gasteiger partial charge in [0.2, 0.25) is 0 Å². The van der Waals surface area contributed by atoms with Crippen LogP contribution in [0.1, 0.15) is 61.0 Å². The number of aromatic nitrogens is 1. The van der Waals surface area contributed by atoms with E-state index in [0.29, 0.717) is 17.5 Å². The summed E-state index contributed by atoms with van der Waals surface area (Å²) in [5.74, 6) is 0.539. The molecule has 0 aromatic carbocycles. The smallest absolute Gasteiger partial charge is 0.260 e. The van der Waals surface area contributed by atoms with Gasteiger partial charge in [0, 0.05) is 18.3 Å². The number of aromatic amines is 1. The van der Waals surface area contributed by atoms with Gasteiger partial charge in [-0.3, -0.25) is 9.59 Å². The fourth-order valence-corrected chi connectivity index (χ4v) is 3.33. The van der Waals surface area contributed by atoms with Crippen molar-refractivity contribution in [1.82, 2.24) is 9.88 Å². The SMILES string of the molecule is Cc1ccc(C(=O)N(CC2CCCCC2)C2CC2)c(=O)[nH]1. The maximum Gasteiger partial charge on any atom is 0.260 e. The van der Waals surface area contributed by atoms with E-state index in [1.165, 1.54) is 32.1 Å². The number of hydrogen-bond donors (Lipinski definition) is 1. The first-order valence-corrected chi connectivity index (χ1v) is 8.16. The fraction of sp³-hybridized carbons (Fsp3) is 0.647. The summed E-state index contributed by atoms with van der Waals surface area (Å²) in [6.45, 7) is 2.66. The standard InChI is InChI=1S/C17H24N2O2/c1-12-7-10-15(16(20)18-12)17(21)19(14-8-9-14)11-13-5-3-2-4-6-13/h7,10,13-14H,2-6,8-9,11H2,1H3,(H,18,20). The number of amides is 1. The van der Waals surface area contributed by atoms with E-state index in [2.05, 4.69) is 4.98 Å². The summed E-state index contributed by atoms with van der Waals surface area (Å²) in [7, 11) is 0. The minimum Gasteiger partial charge on any atom is -0.335 e. The summed E-state index contributed by atoms with van der Waals surface area (Å²) in [5, 5.41) is 0. The summed E-state index contributed by atoms with van der Waals surface area (Å²) in [6, 6.07) is 3.84. The van der Waals surface area contributed by atoms with Crippen molar-refractivity contribution in [1.29, 1.82) is 0 Å². The van der Waals surface area contributed by atoms with Gasteiger partial charge in [0.05, 0.1) is 0 Å². The van der Waals surface area contributed by atoms with Crippen LogP contribution in [0.3, 0.4) is 0 Å². The molecule has 114 valence electrons. The van der Waals surface area contributed by atoms with Crippen molar-refractivity contribution in [2.75, 3.05) is 6.54 Å². The van der Waals surface area contributed by atoms with Crippen molar-refractivity contribution in [3.8, 4) is 0 Å². The molecule has 0 atom stereocenters. The third-order valence-corrected chi connectivity index (χ3v) is 4.71. The third-order valence-electron chi connectivity index (χ3n) is 4.71. The second kappa shape index (κ2) is 6.04. The molecule has 0 bridgehead atoms. The zero-order valence-electron chi connectivity index (χ0n) is 12.7. The lowest BCUT2D eigenvalue weighted by atomic mass is 9.89. The molecule has 1 aromatic heterocycles. The van der Waals surface area contributed by atoms with E-state index in [0.717, 1.165) is 25.1 Å². The van der Waals surface area contributed by atoms with E-state index in [9.17, 15) is 9.59 Å². The van der Waals surface area contributed by atoms with Crippen LogP contribution < -0.4 is 5.56 Å². The van der Waals surface area contributed by atoms with Crippen molar-refractivity contribution in [2.24, 2.45) is 5.92 Å². The predicted molar refractivity (Wildman–Crippen MR) is 82.4 cm³/mol. The molecular weight excluding hydrogens is 264 g/mol. The van der Waals surface area contributed by atoms with Gasteiger partial charge in [-0.15, -0.1) is 0 Å². The number of nitrogens with zero attached hydrogens (tertiary/aromatic N) is 1. The number of rotatable bonds is 4. The van der Waals surface area contributed by atoms with Crippen molar-refractivity contribution < 1.29 is 4.79 Å². The van der Waals surface area contributed by atoms with E-state index in [4.69, 9.17) is 0 Å². The van der Waals surface area contributed by atoms with Gasteiger partial charge in [-0.05, 0) is 50.7 Å². The Morgan fingerprint density at radius 2 is 1.90 bits per heavy atom. The molecule has 2 aliphatic rings. The minimum atomic E-state index is -0.255. The van der Waals surface area contributed by atoms with E-state index in [-0.39, 0.29) is 11.5 Å². The zero-order chi connectivity index (χ0) is 14.8. The molecule has 1 N–H and O–H groups in total. The second-order valence-electron chi connectivity index (χ2n) is 6.58. The molecule has 1 aromatic rings. The molecule has 0 spiro atoms. The summed E-state index contributed by atoms with van der Waals surface area (Å²) in [6.07, 6.45) is 8.50. The van der Waals surface area contributed by atoms with Gasteiger partial charge in [-0.1, -0.05) is 19.3 Å². The zero-order valence-corrected chi connectivity index (χ0v) is 12.7. The van der Waals surface area contributed by atoms with Crippen LogP contribution in [0.2, 0.25) is 0 Å². The Hall–Kier alpha value is -1.58. The monoisotopic (exact) mass is 288 g/mol. The highest BCUT2D eigenvalue weighted by atomic mass is 16.2. The van der Waals surface area contributed by atoms with Crippen LogP contribution >= 0.6 is 0 Å². The van der Waals surface area contributed by atoms with Crippen LogP contribution in [-0.2, 0) is 0 Å². The quantitative estimate of drug-likeness (QED) is 0.926. The van der Waals surface area contributed by atoms with E-state index < -0.39 is 0 Å². The lowest BCUT2D eigenvalue weighted by Crippen LogP contribution is -2.40. The largest absolute Gasteiger partial charge is 0.335 e. The van der Waals surface area contributed by atoms with Gasteiger partial charge in [-0.2, -0.15) is 0 Å². The average molecular weight is 288 g/mol. The lowest BCUT2D eigenvalue weighted by molar-refractivity contribution is 0.0697. The van der Waals surface area contributed by atoms with Crippen LogP contribution in [0.25, 0.3) is 0 Å². The average Bonchev–Trinajstić information content (AvgIpc) is 3.30. The van der Waals surface area contributed by atoms with Gasteiger partial charge in [-0.25, -0.2) is 0 Å². The van der Waals surface area contributed by atoms with Crippen molar-refractivity contribution in [3.05, 3.63) is 33.7 Å². The first-order valence-electron chi connectivity index (χ1n) is 8.16. The second-order valence-corrected chi connectivity index (χ2v) is 6.58. The number of H-pyrrole nitrogens is 1. The van der Waals surface area contributed by atoms with Crippen LogP contribution in [0.15, 0.2) is 16.9 Å². The van der Waals surface area contributed by atoms with E-state index in [1.54, 1.807) is 12.1 Å². The molecule has 2 fully saturated rings. The van der Waals surface area contributed by atoms with Crippen molar-refractivity contribution in [2.45, 2.75) is 57.9 Å². The normalized spacial score (nSPS) is 19.5. The highest BCUT2D eigenvalue weighted by Crippen LogP contribution is 2.32. The molecule has 1 amide bonds. The summed E-state index contributed by atoms with van der Waals surface area (Å²) in [4.78, 5) is 29.5. The number of hydrogen-bond acceptors (Lipinski definition) is 2. The Morgan fingerprint density at radius 3 is 2.52 bits per heavy atom. The van der Waals surface area contributed by atoms with Gasteiger partial charge < -0.3 is 9.88 Å². The molecule has 0 saturated heterocycles. The van der Waals surface area contributed by atoms with Gasteiger partial charge >= 0.3 is 0 Å². The molecular formula is C17H24N2O2. The topological polar surface area (TPSA) is 53.2 Å². The summed E-state index contributed by atoms with van der Waals surface area (Å²) >= 11 is 0. The number of pyridine rings is 1. The molecule has 4 heteroatoms. The minimum absolute atomic E-state index is 0.0793. The Kier molecular flexibility index (Phi) is 4.13. The maximum absolute atomic E-state index is 12.7. The van der Waals surface area contributed by atoms with Crippen LogP contribution in [0.4, 0.5) is 0 Å². The lowest BCUT2D eigenvalue weighted by Gasteiger charge is -2.29. The molecule has 21 heavy (non-hydrogen) atoms. The highest BCUT2D eigenvalue weighted by molar-refractivity contribution is 5.94. The van der Waals surface area contributed by atoms with Gasteiger partial charge in [0.1, 0.15) is 5.56 Å². The molecule has 0 radical (unpaired) electrons. The molecule has 2 saturated carbocycles. The van der Waals surface area contributed by atoms with Gasteiger partial charge in [0.25, 0.3) is 11.5 Å². The third kappa shape index (κ3) is 3.36. The molecule has 1 heterocycles. The number of carbonyl (C=O) groups excluding carboxylic acids is 1. The Labute approximate surface area is 125 Å². The van der Waals surface area contributed by atoms with Gasteiger partial charge in [0.15, 0.2) is 0 Å². The Morgan fingerprint density at radius 1 is 1.19 bits per heavy atom. The molecule has 2 aliphatic carbocycles. The van der Waals surface area contributed by atoms with Crippen molar-refractivity contribution in [3.63, 3.8) is 0 Å². The highest BCUT2D eigenvalue weighted by Gasteiger charge is 2.35. The Bertz CT molecular complexity index is 568. The first-order chi connectivity index (χ1) is 10.1. The summed E-state index contributed by atoms with van der Waals surface area (Å²) in [5.41, 5.74) is 0.833. The number of nitrogens with one attached hydrogen (secondary N) is 1. The van der Waals surface area contributed by atoms with Crippen LogP contribution in [-0.4, -0.2) is 28.4 Å². The fourth-order valence-electron chi connectivity index (χ4n) is 3.33. The number of aryl methyl sites for hydroxylation is 1. The number of carbonyl (C=O) groups is 1. The molecule has 0 unspecified atom stereocenters. The predicted octanol–water partition coefficient (Wildman–Crippen LogP) is 2.87. The molecule has 0 aliphatic heterocycles. The van der Waals surface area contributed by atoms with E-state index in [1.807, 2.05) is 11.8 Å². The van der Waals surface area contributed by atoms with E-state index >= 15 is 0 Å². The van der Waals surface area contributed by atoms with Crippen LogP contribution in [0, 0.1) is 12.8 Å². The van der Waals surface area contributed by atoms with Crippen molar-refractivity contribution >= 4 is 5.91 Å². The van der Waals surface area contributed by atoms with Crippen LogP contribution in [0.5, 0.6) is 0 Å². The molecule has 4 nitrogen and oxygen atoms in total. The first kappa shape index (κ1) is 14.4. The maximum atomic E-state index is 12.7.